The molecule has 0 radical (unpaired) electrons. The van der Waals surface area contributed by atoms with Crippen molar-refractivity contribution in [3.63, 3.8) is 0 Å². The minimum Gasteiger partial charge on any atom is -0.395 e. The van der Waals surface area contributed by atoms with Crippen molar-refractivity contribution < 1.29 is 25.3 Å². The zero-order chi connectivity index (χ0) is 22.1. The minimum atomic E-state index is -1.25. The Morgan fingerprint density at radius 2 is 1.97 bits per heavy atom. The van der Waals surface area contributed by atoms with E-state index in [1.807, 2.05) is 0 Å². The van der Waals surface area contributed by atoms with Crippen molar-refractivity contribution in [1.29, 1.82) is 5.53 Å². The van der Waals surface area contributed by atoms with Gasteiger partial charge < -0.3 is 25.7 Å². The molecule has 4 atom stereocenters. The molecule has 12 nitrogen and oxygen atoms in total. The summed E-state index contributed by atoms with van der Waals surface area (Å²) in [6, 6.07) is 3.75. The summed E-state index contributed by atoms with van der Waals surface area (Å²) in [6.45, 7) is 1.03. The highest BCUT2D eigenvalue weighted by Gasteiger charge is 2.40. The Kier molecular flexibility index (Phi) is 9.24. The van der Waals surface area contributed by atoms with Crippen molar-refractivity contribution in [2.75, 3.05) is 31.6 Å². The lowest BCUT2D eigenvalue weighted by atomic mass is 9.94. The number of nitrogens with zero attached hydrogens (tertiary/aromatic N) is 4. The molecule has 0 saturated carbocycles. The van der Waals surface area contributed by atoms with Gasteiger partial charge in [-0.15, -0.1) is 0 Å². The number of piperidine rings is 1. The van der Waals surface area contributed by atoms with Gasteiger partial charge in [-0.2, -0.15) is 0 Å². The van der Waals surface area contributed by atoms with Crippen molar-refractivity contribution in [2.45, 2.75) is 50.0 Å². The standard InChI is InChI=1S/C18H28N6O6/c19-22-21-12-5-6-13(14(9-12)24(29)30)20-7-3-1-2-4-8-23-10-16(26)18(28)17(27)15(23)11-25/h5-6,9,15-19,25-28H,1-4,7-8,10-11H2/p+1/t15-,16+,17-,18-/m1/s1. The van der Waals surface area contributed by atoms with Crippen molar-refractivity contribution in [3.05, 3.63) is 28.3 Å². The van der Waals surface area contributed by atoms with E-state index in [0.717, 1.165) is 25.7 Å². The second-order valence-electron chi connectivity index (χ2n) is 7.29. The van der Waals surface area contributed by atoms with Crippen molar-refractivity contribution >= 4 is 17.1 Å². The van der Waals surface area contributed by atoms with Crippen LogP contribution in [0.4, 0.5) is 17.1 Å². The van der Waals surface area contributed by atoms with Crippen LogP contribution in [0.5, 0.6) is 0 Å². The third-order valence-corrected chi connectivity index (χ3v) is 5.25. The van der Waals surface area contributed by atoms with E-state index in [4.69, 9.17) is 5.53 Å². The quantitative estimate of drug-likeness (QED) is 0.0971. The normalized spacial score (nSPS) is 24.3. The molecule has 166 valence electrons. The van der Waals surface area contributed by atoms with Crippen LogP contribution in [0.1, 0.15) is 25.7 Å². The first-order valence-electron chi connectivity index (χ1n) is 9.88. The minimum absolute atomic E-state index is 0.126. The molecule has 1 aromatic rings. The lowest BCUT2D eigenvalue weighted by molar-refractivity contribution is -0.383. The number of rotatable bonds is 11. The first-order chi connectivity index (χ1) is 14.4. The molecule has 1 saturated heterocycles. The first-order valence-corrected chi connectivity index (χ1v) is 9.88. The van der Waals surface area contributed by atoms with E-state index in [9.17, 15) is 30.5 Å². The van der Waals surface area contributed by atoms with Crippen LogP contribution >= 0.6 is 0 Å². The fraction of sp³-hybridized carbons (Fsp3) is 0.667. The number of nitro benzene ring substituents is 1. The summed E-state index contributed by atoms with van der Waals surface area (Å²) < 4.78 is 0. The summed E-state index contributed by atoms with van der Waals surface area (Å²) in [5.74, 6) is 0. The number of hydrogen-bond acceptors (Lipinski definition) is 10. The van der Waals surface area contributed by atoms with Gasteiger partial charge in [0.1, 0.15) is 23.4 Å². The summed E-state index contributed by atoms with van der Waals surface area (Å²) >= 11 is 0. The largest absolute Gasteiger partial charge is 0.395 e. The zero-order valence-electron chi connectivity index (χ0n) is 16.6. The van der Waals surface area contributed by atoms with Gasteiger partial charge in [0.05, 0.1) is 29.7 Å². The predicted octanol–water partition coefficient (Wildman–Crippen LogP) is 0.508. The number of hydrogen-bond donors (Lipinski definition) is 6. The number of nitro groups is 1. The van der Waals surface area contributed by atoms with Gasteiger partial charge in [-0.3, -0.25) is 15.0 Å². The van der Waals surface area contributed by atoms with Crippen LogP contribution in [0.25, 0.3) is 0 Å². The summed E-state index contributed by atoms with van der Waals surface area (Å²) in [5, 5.41) is 56.7. The maximum atomic E-state index is 11.2. The summed E-state index contributed by atoms with van der Waals surface area (Å²) in [4.78, 5) is 15.3. The van der Waals surface area contributed by atoms with Gasteiger partial charge >= 0.3 is 0 Å². The molecule has 0 aliphatic carbocycles. The first kappa shape index (κ1) is 23.8. The van der Waals surface area contributed by atoms with E-state index >= 15 is 0 Å². The molecule has 1 aliphatic heterocycles. The molecule has 1 fully saturated rings. The molecular weight excluding hydrogens is 396 g/mol. The smallest absolute Gasteiger partial charge is 0.294 e. The summed E-state index contributed by atoms with van der Waals surface area (Å²) in [7, 11) is 0. The highest BCUT2D eigenvalue weighted by Crippen LogP contribution is 2.29. The lowest BCUT2D eigenvalue weighted by Crippen LogP contribution is -2.62. The Balaban J connectivity index is 1.72. The Hall–Kier alpha value is -2.47. The molecule has 1 aliphatic rings. The van der Waals surface area contributed by atoms with E-state index in [1.165, 1.54) is 6.07 Å². The SMILES string of the molecule is N=[N+]=Nc1ccc(NCCCCCCN2C[C@H](O)[C@@H](O)[C@H](O)[C@H]2CO)c([N+](=O)[O-])c1. The Morgan fingerprint density at radius 3 is 2.63 bits per heavy atom. The van der Waals surface area contributed by atoms with Crippen molar-refractivity contribution in [3.8, 4) is 0 Å². The number of anilines is 1. The molecule has 0 unspecified atom stereocenters. The molecule has 12 heteroatoms. The van der Waals surface area contributed by atoms with Crippen LogP contribution in [0.15, 0.2) is 23.3 Å². The Bertz CT molecular complexity index is 759. The third-order valence-electron chi connectivity index (χ3n) is 5.25. The molecule has 0 spiro atoms. The fourth-order valence-corrected chi connectivity index (χ4v) is 3.59. The molecule has 1 aromatic carbocycles. The van der Waals surface area contributed by atoms with E-state index in [0.29, 0.717) is 18.8 Å². The van der Waals surface area contributed by atoms with Gasteiger partial charge in [0.2, 0.25) is 4.91 Å². The summed E-state index contributed by atoms with van der Waals surface area (Å²) in [6.07, 6.45) is -0.160. The average molecular weight is 425 g/mol. The third kappa shape index (κ3) is 6.26. The van der Waals surface area contributed by atoms with Crippen LogP contribution < -0.4 is 10.2 Å². The molecular formula is C18H29N6O6+. The topological polar surface area (TPSA) is 190 Å². The molecule has 6 N–H and O–H groups in total. The van der Waals surface area contributed by atoms with Gasteiger partial charge in [0.25, 0.3) is 5.69 Å². The van der Waals surface area contributed by atoms with Gasteiger partial charge in [-0.05, 0) is 31.5 Å². The molecule has 1 heterocycles. The van der Waals surface area contributed by atoms with Crippen LogP contribution in [-0.4, -0.2) is 80.8 Å². The number of β-amino-alcohol motifs (C(OH)–C–C–N with tert-alkyl or cyclic N) is 1. The van der Waals surface area contributed by atoms with Crippen LogP contribution in [0.3, 0.4) is 0 Å². The predicted molar refractivity (Wildman–Crippen MR) is 107 cm³/mol. The van der Waals surface area contributed by atoms with E-state index in [1.54, 1.807) is 17.0 Å². The van der Waals surface area contributed by atoms with Crippen LogP contribution in [0.2, 0.25) is 0 Å². The monoisotopic (exact) mass is 425 g/mol. The average Bonchev–Trinajstić information content (AvgIpc) is 2.72. The van der Waals surface area contributed by atoms with Crippen molar-refractivity contribution in [2.24, 2.45) is 5.11 Å². The number of benzene rings is 1. The van der Waals surface area contributed by atoms with E-state index < -0.39 is 29.3 Å². The highest BCUT2D eigenvalue weighted by atomic mass is 16.6. The van der Waals surface area contributed by atoms with Gasteiger partial charge in [0.15, 0.2) is 10.8 Å². The molecule has 0 bridgehead atoms. The molecule has 2 rings (SSSR count). The van der Waals surface area contributed by atoms with Crippen molar-refractivity contribution in [1.82, 2.24) is 9.81 Å². The molecule has 0 aromatic heterocycles. The Morgan fingerprint density at radius 1 is 1.23 bits per heavy atom. The number of nitrogens with one attached hydrogen (secondary N) is 2. The number of aliphatic hydroxyl groups is 4. The van der Waals surface area contributed by atoms with E-state index in [2.05, 4.69) is 15.3 Å². The number of aliphatic hydroxyl groups excluding tert-OH is 4. The van der Waals surface area contributed by atoms with Crippen LogP contribution in [0, 0.1) is 15.6 Å². The second-order valence-corrected chi connectivity index (χ2v) is 7.29. The van der Waals surface area contributed by atoms with Crippen LogP contribution in [-0.2, 0) is 0 Å². The molecule has 0 amide bonds. The molecule has 30 heavy (non-hydrogen) atoms. The number of unbranched alkanes of at least 4 members (excludes halogenated alkanes) is 3. The van der Waals surface area contributed by atoms with E-state index in [-0.39, 0.29) is 24.5 Å². The Labute approximate surface area is 173 Å². The number of likely N-dealkylation sites (tertiary alicyclic amines) is 1. The highest BCUT2D eigenvalue weighted by molar-refractivity contribution is 5.66. The van der Waals surface area contributed by atoms with Gasteiger partial charge in [-0.25, -0.2) is 0 Å². The van der Waals surface area contributed by atoms with Gasteiger partial charge in [-0.1, -0.05) is 12.8 Å². The fourth-order valence-electron chi connectivity index (χ4n) is 3.59. The van der Waals surface area contributed by atoms with Gasteiger partial charge in [0, 0.05) is 13.1 Å². The second kappa shape index (κ2) is 11.6. The summed E-state index contributed by atoms with van der Waals surface area (Å²) in [5.41, 5.74) is 7.19. The lowest BCUT2D eigenvalue weighted by Gasteiger charge is -2.43. The maximum absolute atomic E-state index is 11.2. The maximum Gasteiger partial charge on any atom is 0.294 e. The zero-order valence-corrected chi connectivity index (χ0v) is 16.6.